The van der Waals surface area contributed by atoms with Crippen LogP contribution in [0.4, 0.5) is 13.2 Å². The fraction of sp³-hybridized carbons (Fsp3) is 0.400. The second kappa shape index (κ2) is 6.50. The number of H-pyrrole nitrogens is 1. The summed E-state index contributed by atoms with van der Waals surface area (Å²) in [6.07, 6.45) is -5.00. The molecule has 1 heterocycles. The van der Waals surface area contributed by atoms with Crippen LogP contribution in [0.3, 0.4) is 0 Å². The Labute approximate surface area is 134 Å². The minimum atomic E-state index is -5.00. The number of nitrogens with zero attached hydrogens (tertiary/aromatic N) is 1. The Morgan fingerprint density at radius 2 is 2.00 bits per heavy atom. The largest absolute Gasteiger partial charge is 0.461 e. The van der Waals surface area contributed by atoms with E-state index in [1.807, 2.05) is 0 Å². The summed E-state index contributed by atoms with van der Waals surface area (Å²) in [4.78, 5) is 24.6. The number of hydrogen-bond acceptors (Lipinski definition) is 4. The van der Waals surface area contributed by atoms with Crippen molar-refractivity contribution in [2.75, 3.05) is 6.61 Å². The van der Waals surface area contributed by atoms with Crippen LogP contribution in [0.1, 0.15) is 24.1 Å². The van der Waals surface area contributed by atoms with Gasteiger partial charge in [0.05, 0.1) is 6.61 Å². The number of aromatic nitrogens is 1. The molecule has 2 atom stereocenters. The van der Waals surface area contributed by atoms with Crippen molar-refractivity contribution in [1.82, 2.24) is 4.98 Å². The molecule has 9 heteroatoms. The minimum absolute atomic E-state index is 0.120. The van der Waals surface area contributed by atoms with E-state index in [4.69, 9.17) is 0 Å². The Morgan fingerprint density at radius 1 is 1.38 bits per heavy atom. The number of rotatable bonds is 5. The van der Waals surface area contributed by atoms with E-state index in [-0.39, 0.29) is 23.3 Å². The summed E-state index contributed by atoms with van der Waals surface area (Å²) < 4.78 is 45.5. The number of nitro groups is 1. The van der Waals surface area contributed by atoms with Crippen molar-refractivity contribution in [1.29, 1.82) is 0 Å². The highest BCUT2D eigenvalue weighted by Crippen LogP contribution is 2.43. The second-order valence-electron chi connectivity index (χ2n) is 5.21. The average molecular weight is 344 g/mol. The first kappa shape index (κ1) is 17.8. The van der Waals surface area contributed by atoms with E-state index in [9.17, 15) is 28.1 Å². The lowest BCUT2D eigenvalue weighted by atomic mass is 9.88. The maximum atomic E-state index is 13.7. The van der Waals surface area contributed by atoms with Gasteiger partial charge in [0.1, 0.15) is 0 Å². The highest BCUT2D eigenvalue weighted by Gasteiger charge is 2.57. The first-order valence-corrected chi connectivity index (χ1v) is 7.12. The standard InChI is InChI=1S/C15H15F3N2O4/c1-3-24-14(21)13(20(22)23)12(15(16,17)18)11-8(2)19-10-7-5-4-6-9(10)11/h4-7,12-13,19H,3H2,1-2H3. The summed E-state index contributed by atoms with van der Waals surface area (Å²) in [6.45, 7) is 2.51. The van der Waals surface area contributed by atoms with E-state index in [0.717, 1.165) is 0 Å². The Balaban J connectivity index is 2.70. The molecule has 24 heavy (non-hydrogen) atoms. The fourth-order valence-electron chi connectivity index (χ4n) is 2.77. The van der Waals surface area contributed by atoms with Gasteiger partial charge < -0.3 is 9.72 Å². The number of hydrogen-bond donors (Lipinski definition) is 1. The molecule has 0 aliphatic carbocycles. The molecule has 2 rings (SSSR count). The molecular formula is C15H15F3N2O4. The summed E-state index contributed by atoms with van der Waals surface area (Å²) in [5.41, 5.74) is 0.215. The number of carbonyl (C=O) groups excluding carboxylic acids is 1. The Kier molecular flexibility index (Phi) is 4.81. The van der Waals surface area contributed by atoms with Gasteiger partial charge in [0, 0.05) is 27.1 Å². The zero-order valence-electron chi connectivity index (χ0n) is 12.9. The van der Waals surface area contributed by atoms with Gasteiger partial charge in [-0.05, 0) is 19.9 Å². The van der Waals surface area contributed by atoms with Gasteiger partial charge in [0.15, 0.2) is 5.92 Å². The summed E-state index contributed by atoms with van der Waals surface area (Å²) in [5, 5.41) is 11.4. The van der Waals surface area contributed by atoms with Crippen molar-refractivity contribution in [2.24, 2.45) is 0 Å². The zero-order chi connectivity index (χ0) is 18.1. The van der Waals surface area contributed by atoms with Crippen LogP contribution in [0.15, 0.2) is 24.3 Å². The lowest BCUT2D eigenvalue weighted by Crippen LogP contribution is -2.43. The van der Waals surface area contributed by atoms with E-state index in [1.165, 1.54) is 26.0 Å². The highest BCUT2D eigenvalue weighted by atomic mass is 19.4. The number of ether oxygens (including phenoxy) is 1. The lowest BCUT2D eigenvalue weighted by Gasteiger charge is -2.23. The third-order valence-corrected chi connectivity index (χ3v) is 3.68. The van der Waals surface area contributed by atoms with E-state index >= 15 is 0 Å². The maximum Gasteiger partial charge on any atom is 0.403 e. The number of para-hydroxylation sites is 1. The van der Waals surface area contributed by atoms with Crippen LogP contribution in [0, 0.1) is 17.0 Å². The number of benzene rings is 1. The first-order chi connectivity index (χ1) is 11.2. The van der Waals surface area contributed by atoms with Crippen LogP contribution in [0.25, 0.3) is 10.9 Å². The van der Waals surface area contributed by atoms with E-state index in [2.05, 4.69) is 9.72 Å². The molecule has 0 bridgehead atoms. The molecule has 2 unspecified atom stereocenters. The Morgan fingerprint density at radius 3 is 2.54 bits per heavy atom. The number of alkyl halides is 3. The fourth-order valence-corrected chi connectivity index (χ4v) is 2.77. The molecule has 2 aromatic rings. The molecule has 130 valence electrons. The third-order valence-electron chi connectivity index (χ3n) is 3.68. The van der Waals surface area contributed by atoms with Gasteiger partial charge in [-0.2, -0.15) is 13.2 Å². The van der Waals surface area contributed by atoms with Crippen LogP contribution < -0.4 is 0 Å². The van der Waals surface area contributed by atoms with Gasteiger partial charge in [-0.25, -0.2) is 4.79 Å². The van der Waals surface area contributed by atoms with Crippen LogP contribution in [-0.2, 0) is 9.53 Å². The topological polar surface area (TPSA) is 85.2 Å². The minimum Gasteiger partial charge on any atom is -0.461 e. The van der Waals surface area contributed by atoms with Gasteiger partial charge in [-0.1, -0.05) is 18.2 Å². The lowest BCUT2D eigenvalue weighted by molar-refractivity contribution is -0.522. The smallest absolute Gasteiger partial charge is 0.403 e. The highest BCUT2D eigenvalue weighted by molar-refractivity contribution is 5.87. The monoisotopic (exact) mass is 344 g/mol. The second-order valence-corrected chi connectivity index (χ2v) is 5.21. The number of aryl methyl sites for hydroxylation is 1. The van der Waals surface area contributed by atoms with Crippen molar-refractivity contribution >= 4 is 16.9 Å². The quantitative estimate of drug-likeness (QED) is 0.512. The number of aromatic amines is 1. The molecule has 1 N–H and O–H groups in total. The average Bonchev–Trinajstić information content (AvgIpc) is 2.78. The summed E-state index contributed by atoms with van der Waals surface area (Å²) in [5.74, 6) is -4.11. The van der Waals surface area contributed by atoms with Crippen LogP contribution >= 0.6 is 0 Å². The molecule has 0 radical (unpaired) electrons. The SMILES string of the molecule is CCOC(=O)C(C(c1c(C)[nH]c2ccccc12)C(F)(F)F)[N+](=O)[O-]. The van der Waals surface area contributed by atoms with E-state index in [1.54, 1.807) is 12.1 Å². The number of halogens is 3. The molecule has 0 saturated carbocycles. The van der Waals surface area contributed by atoms with Crippen molar-refractivity contribution in [2.45, 2.75) is 32.0 Å². The molecule has 0 spiro atoms. The van der Waals surface area contributed by atoms with Crippen molar-refractivity contribution < 1.29 is 27.6 Å². The number of esters is 1. The molecule has 1 aromatic heterocycles. The van der Waals surface area contributed by atoms with E-state index in [0.29, 0.717) is 5.52 Å². The predicted molar refractivity (Wildman–Crippen MR) is 79.2 cm³/mol. The summed E-state index contributed by atoms with van der Waals surface area (Å²) >= 11 is 0. The van der Waals surface area contributed by atoms with Crippen LogP contribution in [0.2, 0.25) is 0 Å². The predicted octanol–water partition coefficient (Wildman–Crippen LogP) is 3.33. The van der Waals surface area contributed by atoms with Gasteiger partial charge >= 0.3 is 18.2 Å². The van der Waals surface area contributed by atoms with Gasteiger partial charge in [0.2, 0.25) is 0 Å². The Hall–Kier alpha value is -2.58. The normalized spacial score (nSPS) is 14.4. The van der Waals surface area contributed by atoms with Gasteiger partial charge in [-0.3, -0.25) is 10.1 Å². The molecule has 1 aromatic carbocycles. The van der Waals surface area contributed by atoms with E-state index < -0.39 is 29.0 Å². The molecule has 0 fully saturated rings. The van der Waals surface area contributed by atoms with Crippen molar-refractivity contribution in [3.63, 3.8) is 0 Å². The van der Waals surface area contributed by atoms with Crippen LogP contribution in [0.5, 0.6) is 0 Å². The molecule has 0 saturated heterocycles. The maximum absolute atomic E-state index is 13.7. The number of carbonyl (C=O) groups is 1. The molecular weight excluding hydrogens is 329 g/mol. The molecule has 0 amide bonds. The van der Waals surface area contributed by atoms with Gasteiger partial charge in [-0.15, -0.1) is 0 Å². The van der Waals surface area contributed by atoms with Crippen LogP contribution in [-0.4, -0.2) is 34.7 Å². The van der Waals surface area contributed by atoms with Crippen molar-refractivity contribution in [3.8, 4) is 0 Å². The Bertz CT molecular complexity index is 770. The molecule has 0 aliphatic rings. The molecule has 0 aliphatic heterocycles. The third kappa shape index (κ3) is 3.19. The first-order valence-electron chi connectivity index (χ1n) is 7.12. The number of fused-ring (bicyclic) bond motifs is 1. The van der Waals surface area contributed by atoms with Gasteiger partial charge in [0.25, 0.3) is 0 Å². The number of nitrogens with one attached hydrogen (secondary N) is 1. The zero-order valence-corrected chi connectivity index (χ0v) is 12.9. The van der Waals surface area contributed by atoms with Crippen molar-refractivity contribution in [3.05, 3.63) is 45.6 Å². The molecule has 6 nitrogen and oxygen atoms in total. The summed E-state index contributed by atoms with van der Waals surface area (Å²) in [6, 6.07) is 3.57. The summed E-state index contributed by atoms with van der Waals surface area (Å²) in [7, 11) is 0.